The molecule has 0 fully saturated rings. The maximum atomic E-state index is 11.8. The van der Waals surface area contributed by atoms with E-state index in [4.69, 9.17) is 0 Å². The molecular weight excluding hydrogens is 387 g/mol. The van der Waals surface area contributed by atoms with Crippen molar-refractivity contribution in [3.8, 4) is 0 Å². The summed E-state index contributed by atoms with van der Waals surface area (Å²) in [4.78, 5) is 2.21. The minimum atomic E-state index is -3.46. The summed E-state index contributed by atoms with van der Waals surface area (Å²) in [5.41, 5.74) is 1.57. The number of halogens is 1. The molecule has 0 heterocycles. The van der Waals surface area contributed by atoms with Crippen LogP contribution in [0.25, 0.3) is 0 Å². The Morgan fingerprint density at radius 2 is 1.85 bits per heavy atom. The summed E-state index contributed by atoms with van der Waals surface area (Å²) in [7, 11) is -3.46. The largest absolute Gasteiger partial charge is 0.251 e. The molecule has 0 aliphatic heterocycles. The van der Waals surface area contributed by atoms with Gasteiger partial charge in [0.05, 0.1) is 12.0 Å². The lowest BCUT2D eigenvalue weighted by Crippen LogP contribution is -2.20. The zero-order chi connectivity index (χ0) is 14.4. The monoisotopic (exact) mass is 400 g/mol. The SMILES string of the molecule is O=S(=O)(Cc1ccccc1)N/N=C\c1cccc(I)c1. The normalized spacial score (nSPS) is 11.7. The van der Waals surface area contributed by atoms with E-state index in [0.717, 1.165) is 14.7 Å². The summed E-state index contributed by atoms with van der Waals surface area (Å²) in [6.07, 6.45) is 1.49. The van der Waals surface area contributed by atoms with Crippen LogP contribution >= 0.6 is 22.6 Å². The predicted octanol–water partition coefficient (Wildman–Crippen LogP) is 2.74. The Morgan fingerprint density at radius 1 is 1.10 bits per heavy atom. The van der Waals surface area contributed by atoms with Gasteiger partial charge in [-0.1, -0.05) is 42.5 Å². The zero-order valence-electron chi connectivity index (χ0n) is 10.5. The third-order valence-electron chi connectivity index (χ3n) is 2.45. The van der Waals surface area contributed by atoms with E-state index in [-0.39, 0.29) is 5.75 Å². The van der Waals surface area contributed by atoms with Gasteiger partial charge in [-0.2, -0.15) is 5.10 Å². The maximum Gasteiger partial charge on any atom is 0.251 e. The molecule has 2 rings (SSSR count). The van der Waals surface area contributed by atoms with Gasteiger partial charge in [0.25, 0.3) is 10.0 Å². The first-order valence-electron chi connectivity index (χ1n) is 5.87. The van der Waals surface area contributed by atoms with Crippen LogP contribution in [0.2, 0.25) is 0 Å². The topological polar surface area (TPSA) is 58.5 Å². The molecule has 0 bridgehead atoms. The summed E-state index contributed by atoms with van der Waals surface area (Å²) in [5.74, 6) is -0.0858. The predicted molar refractivity (Wildman–Crippen MR) is 89.0 cm³/mol. The molecule has 1 N–H and O–H groups in total. The van der Waals surface area contributed by atoms with Crippen LogP contribution in [0, 0.1) is 3.57 Å². The van der Waals surface area contributed by atoms with Gasteiger partial charge in [-0.15, -0.1) is 0 Å². The van der Waals surface area contributed by atoms with Gasteiger partial charge < -0.3 is 0 Å². The van der Waals surface area contributed by atoms with Crippen LogP contribution in [-0.4, -0.2) is 14.6 Å². The highest BCUT2D eigenvalue weighted by Crippen LogP contribution is 2.06. The van der Waals surface area contributed by atoms with Crippen molar-refractivity contribution in [1.29, 1.82) is 0 Å². The van der Waals surface area contributed by atoms with Crippen LogP contribution in [0.4, 0.5) is 0 Å². The highest BCUT2D eigenvalue weighted by molar-refractivity contribution is 14.1. The molecule has 0 atom stereocenters. The van der Waals surface area contributed by atoms with Crippen LogP contribution in [-0.2, 0) is 15.8 Å². The van der Waals surface area contributed by atoms with Crippen LogP contribution in [0.1, 0.15) is 11.1 Å². The minimum absolute atomic E-state index is 0.0858. The first-order valence-corrected chi connectivity index (χ1v) is 8.60. The van der Waals surface area contributed by atoms with E-state index in [1.807, 2.05) is 30.3 Å². The average Bonchev–Trinajstić information content (AvgIpc) is 2.39. The Balaban J connectivity index is 1.99. The molecule has 0 amide bonds. The van der Waals surface area contributed by atoms with E-state index in [9.17, 15) is 8.42 Å². The summed E-state index contributed by atoms with van der Waals surface area (Å²) in [6, 6.07) is 16.6. The van der Waals surface area contributed by atoms with E-state index in [1.165, 1.54) is 6.21 Å². The summed E-state index contributed by atoms with van der Waals surface area (Å²) < 4.78 is 24.7. The third-order valence-corrected chi connectivity index (χ3v) is 4.22. The van der Waals surface area contributed by atoms with Gasteiger partial charge in [0.1, 0.15) is 0 Å². The molecule has 20 heavy (non-hydrogen) atoms. The minimum Gasteiger partial charge on any atom is -0.205 e. The first-order chi connectivity index (χ1) is 9.55. The molecule has 0 saturated carbocycles. The van der Waals surface area contributed by atoms with Crippen molar-refractivity contribution < 1.29 is 8.42 Å². The lowest BCUT2D eigenvalue weighted by atomic mass is 10.2. The number of benzene rings is 2. The van der Waals surface area contributed by atoms with Crippen molar-refractivity contribution in [3.05, 3.63) is 69.3 Å². The summed E-state index contributed by atoms with van der Waals surface area (Å²) in [6.45, 7) is 0. The quantitative estimate of drug-likeness (QED) is 0.477. The van der Waals surface area contributed by atoms with Crippen LogP contribution in [0.5, 0.6) is 0 Å². The number of hydrogen-bond donors (Lipinski definition) is 1. The van der Waals surface area contributed by atoms with Crippen molar-refractivity contribution in [2.24, 2.45) is 5.10 Å². The molecule has 0 unspecified atom stereocenters. The number of hydrazone groups is 1. The average molecular weight is 400 g/mol. The Labute approximate surface area is 132 Å². The lowest BCUT2D eigenvalue weighted by Gasteiger charge is -2.03. The van der Waals surface area contributed by atoms with E-state index in [2.05, 4.69) is 32.5 Å². The van der Waals surface area contributed by atoms with Crippen LogP contribution < -0.4 is 4.83 Å². The molecular formula is C14H13IN2O2S. The molecule has 0 aliphatic rings. The number of nitrogens with one attached hydrogen (secondary N) is 1. The van der Waals surface area contributed by atoms with E-state index in [0.29, 0.717) is 0 Å². The zero-order valence-corrected chi connectivity index (χ0v) is 13.5. The second-order valence-corrected chi connectivity index (χ2v) is 7.10. The van der Waals surface area contributed by atoms with Gasteiger partial charge in [0.2, 0.25) is 0 Å². The van der Waals surface area contributed by atoms with Gasteiger partial charge >= 0.3 is 0 Å². The Bertz CT molecular complexity index is 700. The Morgan fingerprint density at radius 3 is 2.55 bits per heavy atom. The van der Waals surface area contributed by atoms with Crippen molar-refractivity contribution in [1.82, 2.24) is 4.83 Å². The molecule has 0 aromatic heterocycles. The van der Waals surface area contributed by atoms with E-state index >= 15 is 0 Å². The van der Waals surface area contributed by atoms with E-state index < -0.39 is 10.0 Å². The second-order valence-electron chi connectivity index (χ2n) is 4.15. The Hall–Kier alpha value is -1.41. The number of nitrogens with zero attached hydrogens (tertiary/aromatic N) is 1. The molecule has 0 saturated heterocycles. The number of sulfonamides is 1. The number of rotatable bonds is 5. The van der Waals surface area contributed by atoms with Gasteiger partial charge in [-0.25, -0.2) is 13.2 Å². The van der Waals surface area contributed by atoms with Crippen molar-refractivity contribution >= 4 is 38.8 Å². The molecule has 0 spiro atoms. The highest BCUT2D eigenvalue weighted by Gasteiger charge is 2.09. The third kappa shape index (κ3) is 4.93. The molecule has 6 heteroatoms. The fourth-order valence-corrected chi connectivity index (χ4v) is 3.07. The molecule has 104 valence electrons. The highest BCUT2D eigenvalue weighted by atomic mass is 127. The standard InChI is InChI=1S/C14H13IN2O2S/c15-14-8-4-7-13(9-14)10-16-17-20(18,19)11-12-5-2-1-3-6-12/h1-10,17H,11H2/b16-10-. The fraction of sp³-hybridized carbons (Fsp3) is 0.0714. The Kier molecular flexibility index (Phi) is 5.13. The van der Waals surface area contributed by atoms with Gasteiger partial charge in [-0.05, 0) is 45.9 Å². The van der Waals surface area contributed by atoms with Gasteiger partial charge in [0, 0.05) is 3.57 Å². The van der Waals surface area contributed by atoms with E-state index in [1.54, 1.807) is 24.3 Å². The molecule has 0 aliphatic carbocycles. The fourth-order valence-electron chi connectivity index (χ4n) is 1.59. The summed E-state index contributed by atoms with van der Waals surface area (Å²) >= 11 is 2.19. The molecule has 2 aromatic carbocycles. The van der Waals surface area contributed by atoms with Crippen LogP contribution in [0.15, 0.2) is 59.7 Å². The smallest absolute Gasteiger partial charge is 0.205 e. The van der Waals surface area contributed by atoms with Crippen LogP contribution in [0.3, 0.4) is 0 Å². The molecule has 0 radical (unpaired) electrons. The van der Waals surface area contributed by atoms with Crippen molar-refractivity contribution in [3.63, 3.8) is 0 Å². The van der Waals surface area contributed by atoms with Gasteiger partial charge in [0.15, 0.2) is 0 Å². The number of hydrogen-bond acceptors (Lipinski definition) is 3. The molecule has 4 nitrogen and oxygen atoms in total. The first kappa shape index (κ1) is 15.0. The lowest BCUT2D eigenvalue weighted by molar-refractivity contribution is 0.584. The second kappa shape index (κ2) is 6.85. The molecule has 2 aromatic rings. The van der Waals surface area contributed by atoms with Gasteiger partial charge in [-0.3, -0.25) is 0 Å². The van der Waals surface area contributed by atoms with Crippen molar-refractivity contribution in [2.75, 3.05) is 0 Å². The maximum absolute atomic E-state index is 11.8. The summed E-state index contributed by atoms with van der Waals surface area (Å²) in [5, 5.41) is 3.78. The van der Waals surface area contributed by atoms with Crippen molar-refractivity contribution in [2.45, 2.75) is 5.75 Å².